The Morgan fingerprint density at radius 3 is 2.53 bits per heavy atom. The maximum absolute atomic E-state index is 14.2. The van der Waals surface area contributed by atoms with Gasteiger partial charge in [0.25, 0.3) is 0 Å². The van der Waals surface area contributed by atoms with Crippen molar-refractivity contribution in [2.75, 3.05) is 20.2 Å². The first-order valence-corrected chi connectivity index (χ1v) is 10.0. The van der Waals surface area contributed by atoms with Crippen molar-refractivity contribution in [1.29, 1.82) is 0 Å². The fraction of sp³-hybridized carbons (Fsp3) is 0.429. The van der Waals surface area contributed by atoms with Crippen LogP contribution in [0.2, 0.25) is 0 Å². The number of fused-ring (bicyclic) bond motifs is 1. The van der Waals surface area contributed by atoms with E-state index >= 15 is 0 Å². The second-order valence-corrected chi connectivity index (χ2v) is 8.58. The summed E-state index contributed by atoms with van der Waals surface area (Å²) in [6.07, 6.45) is -2.12. The number of hydrogen-bond acceptors (Lipinski definition) is 4. The van der Waals surface area contributed by atoms with Crippen molar-refractivity contribution in [2.45, 2.75) is 37.6 Å². The van der Waals surface area contributed by atoms with Crippen molar-refractivity contribution in [1.82, 2.24) is 0 Å². The number of likely N-dealkylation sites (N-methyl/N-ethyl adjacent to an activating group) is 1. The van der Waals surface area contributed by atoms with Gasteiger partial charge in [-0.15, -0.1) is 0 Å². The molecule has 1 fully saturated rings. The van der Waals surface area contributed by atoms with E-state index in [9.17, 15) is 31.9 Å². The Balaban J connectivity index is 1.85. The fourth-order valence-corrected chi connectivity index (χ4v) is 4.20. The average molecular weight is 480 g/mol. The quantitative estimate of drug-likeness (QED) is 0.398. The molecule has 0 spiro atoms. The summed E-state index contributed by atoms with van der Waals surface area (Å²) >= 11 is 6.04. The van der Waals surface area contributed by atoms with Gasteiger partial charge in [-0.1, -0.05) is 17.7 Å². The van der Waals surface area contributed by atoms with E-state index in [4.69, 9.17) is 16.3 Å². The molecule has 0 aromatic heterocycles. The second kappa shape index (κ2) is 8.57. The molecule has 0 radical (unpaired) electrons. The number of hydrogen-bond donors (Lipinski definition) is 1. The molecule has 0 saturated carbocycles. The van der Waals surface area contributed by atoms with Gasteiger partial charge in [-0.3, -0.25) is 4.48 Å². The Labute approximate surface area is 186 Å². The van der Waals surface area contributed by atoms with Gasteiger partial charge in [0.2, 0.25) is 5.90 Å². The van der Waals surface area contributed by atoms with Crippen LogP contribution < -0.4 is 0 Å². The van der Waals surface area contributed by atoms with Gasteiger partial charge in [0.1, 0.15) is 28.4 Å². The molecule has 1 saturated heterocycles. The number of carbonyl (C=O) groups is 1. The van der Waals surface area contributed by atoms with E-state index < -0.39 is 54.0 Å². The molecule has 1 aromatic rings. The van der Waals surface area contributed by atoms with Crippen LogP contribution in [0.15, 0.2) is 46.1 Å². The predicted molar refractivity (Wildman–Crippen MR) is 106 cm³/mol. The van der Waals surface area contributed by atoms with E-state index in [1.807, 2.05) is 0 Å². The van der Waals surface area contributed by atoms with Crippen LogP contribution in [0.5, 0.6) is 0 Å². The standard InChI is InChI=1S/C21H21ClF5N2O3/c1-20(31,19-13(23)4-3-5-14(19)24)10-18(30)29(2)7-6-12-8-17(32-11-21(25,26)27)28-16(22)9-15(12)29/h3-5,8-9,15,31H,6-7,10-11H2,1-2H3/q+1/t15?,20-,29?/m0/s1. The number of nitrogens with zero attached hydrogens (tertiary/aromatic N) is 2. The molecule has 0 aliphatic carbocycles. The van der Waals surface area contributed by atoms with Crippen molar-refractivity contribution >= 4 is 23.4 Å². The first-order valence-electron chi connectivity index (χ1n) is 9.64. The van der Waals surface area contributed by atoms with E-state index in [-0.39, 0.29) is 22.1 Å². The maximum atomic E-state index is 14.2. The topological polar surface area (TPSA) is 58.9 Å². The van der Waals surface area contributed by atoms with Crippen LogP contribution in [0.4, 0.5) is 22.0 Å². The highest BCUT2D eigenvalue weighted by Crippen LogP contribution is 2.38. The summed E-state index contributed by atoms with van der Waals surface area (Å²) in [6.45, 7) is -0.168. The van der Waals surface area contributed by atoms with Gasteiger partial charge in [-0.05, 0) is 19.1 Å². The minimum Gasteiger partial charge on any atom is -0.468 e. The number of carbonyl (C=O) groups excluding carboxylic acids is 1. The highest BCUT2D eigenvalue weighted by atomic mass is 35.5. The second-order valence-electron chi connectivity index (χ2n) is 8.19. The number of amides is 1. The first kappa shape index (κ1) is 24.3. The molecule has 11 heteroatoms. The van der Waals surface area contributed by atoms with Crippen molar-refractivity contribution in [3.63, 3.8) is 0 Å². The third kappa shape index (κ3) is 5.02. The van der Waals surface area contributed by atoms with Crippen molar-refractivity contribution in [3.8, 4) is 0 Å². The van der Waals surface area contributed by atoms with Crippen LogP contribution in [0.25, 0.3) is 0 Å². The van der Waals surface area contributed by atoms with Crippen LogP contribution in [0, 0.1) is 11.6 Å². The summed E-state index contributed by atoms with van der Waals surface area (Å²) in [4.78, 5) is 17.0. The Morgan fingerprint density at radius 2 is 1.94 bits per heavy atom. The lowest BCUT2D eigenvalue weighted by atomic mass is 9.90. The van der Waals surface area contributed by atoms with Crippen molar-refractivity contribution in [3.05, 3.63) is 58.3 Å². The van der Waals surface area contributed by atoms with Gasteiger partial charge in [0, 0.05) is 24.1 Å². The normalized spacial score (nSPS) is 25.2. The van der Waals surface area contributed by atoms with Crippen LogP contribution in [-0.4, -0.2) is 53.8 Å². The number of aliphatic imine (C=N–C) groups is 1. The van der Waals surface area contributed by atoms with E-state index in [2.05, 4.69) is 4.99 Å². The first-order chi connectivity index (χ1) is 14.7. The molecule has 1 aromatic carbocycles. The van der Waals surface area contributed by atoms with Crippen LogP contribution in [-0.2, 0) is 15.1 Å². The molecule has 32 heavy (non-hydrogen) atoms. The highest BCUT2D eigenvalue weighted by Gasteiger charge is 2.49. The summed E-state index contributed by atoms with van der Waals surface area (Å²) < 4.78 is 70.2. The van der Waals surface area contributed by atoms with Gasteiger partial charge in [0.05, 0.1) is 25.6 Å². The number of ether oxygens (including phenoxy) is 1. The zero-order chi connectivity index (χ0) is 23.9. The Hall–Kier alpha value is -2.30. The third-order valence-electron chi connectivity index (χ3n) is 5.63. The molecule has 174 valence electrons. The lowest BCUT2D eigenvalue weighted by Gasteiger charge is -2.34. The molecular weight excluding hydrogens is 459 g/mol. The Kier molecular flexibility index (Phi) is 6.52. The lowest BCUT2D eigenvalue weighted by molar-refractivity contribution is -0.837. The Morgan fingerprint density at radius 1 is 1.31 bits per heavy atom. The molecule has 2 unspecified atom stereocenters. The van der Waals surface area contributed by atoms with Gasteiger partial charge in [0.15, 0.2) is 6.61 Å². The number of halogens is 6. The summed E-state index contributed by atoms with van der Waals surface area (Å²) in [5, 5.41) is 10.6. The molecule has 1 N–H and O–H groups in total. The fourth-order valence-electron chi connectivity index (χ4n) is 3.99. The SMILES string of the molecule is C[C@](O)(CC(=O)[N+]1(C)CCC2=CC(OCC(F)(F)F)=NC(Cl)=CC21)c1c(F)cccc1F. The molecular formula is C21H21ClF5N2O3+. The number of aliphatic hydroxyl groups is 1. The lowest BCUT2D eigenvalue weighted by Crippen LogP contribution is -2.54. The molecule has 1 amide bonds. The zero-order valence-corrected chi connectivity index (χ0v) is 18.0. The summed E-state index contributed by atoms with van der Waals surface area (Å²) in [5.41, 5.74) is -2.18. The van der Waals surface area contributed by atoms with Crippen LogP contribution in [0.3, 0.4) is 0 Å². The van der Waals surface area contributed by atoms with Gasteiger partial charge < -0.3 is 9.84 Å². The molecule has 0 bridgehead atoms. The molecule has 2 heterocycles. The third-order valence-corrected chi connectivity index (χ3v) is 5.84. The molecule has 3 rings (SSSR count). The molecule has 2 aliphatic heterocycles. The highest BCUT2D eigenvalue weighted by molar-refractivity contribution is 6.30. The van der Waals surface area contributed by atoms with Crippen molar-refractivity contribution < 1.29 is 41.1 Å². The summed E-state index contributed by atoms with van der Waals surface area (Å²) in [6, 6.07) is 2.43. The van der Waals surface area contributed by atoms with E-state index in [0.29, 0.717) is 12.0 Å². The average Bonchev–Trinajstić information content (AvgIpc) is 2.86. The van der Waals surface area contributed by atoms with E-state index in [1.54, 1.807) is 7.05 Å². The number of quaternary nitrogens is 1. The van der Waals surface area contributed by atoms with Gasteiger partial charge >= 0.3 is 12.1 Å². The van der Waals surface area contributed by atoms with E-state index in [0.717, 1.165) is 25.1 Å². The van der Waals surface area contributed by atoms with Gasteiger partial charge in [-0.2, -0.15) is 13.2 Å². The minimum absolute atomic E-state index is 0.163. The maximum Gasteiger partial charge on any atom is 0.422 e. The largest absolute Gasteiger partial charge is 0.468 e. The number of rotatable bonds is 4. The van der Waals surface area contributed by atoms with Crippen molar-refractivity contribution in [2.24, 2.45) is 4.99 Å². The Bertz CT molecular complexity index is 999. The summed E-state index contributed by atoms with van der Waals surface area (Å²) in [5.74, 6) is -2.83. The summed E-state index contributed by atoms with van der Waals surface area (Å²) in [7, 11) is 1.56. The smallest absolute Gasteiger partial charge is 0.422 e. The molecule has 2 aliphatic rings. The molecule has 3 atom stereocenters. The minimum atomic E-state index is -4.56. The van der Waals surface area contributed by atoms with Crippen LogP contribution >= 0.6 is 11.6 Å². The van der Waals surface area contributed by atoms with E-state index in [1.165, 1.54) is 12.2 Å². The predicted octanol–water partition coefficient (Wildman–Crippen LogP) is 4.31. The number of alkyl halides is 3. The van der Waals surface area contributed by atoms with Gasteiger partial charge in [-0.25, -0.2) is 18.6 Å². The number of benzene rings is 1. The monoisotopic (exact) mass is 479 g/mol. The number of likely N-dealkylation sites (tertiary alicyclic amines) is 1. The zero-order valence-electron chi connectivity index (χ0n) is 17.2. The van der Waals surface area contributed by atoms with Crippen LogP contribution in [0.1, 0.15) is 25.3 Å². The molecule has 5 nitrogen and oxygen atoms in total.